The van der Waals surface area contributed by atoms with Crippen molar-refractivity contribution in [2.24, 2.45) is 0 Å². The fourth-order valence-electron chi connectivity index (χ4n) is 3.97. The number of halogens is 1. The highest BCUT2D eigenvalue weighted by Gasteiger charge is 2.40. The summed E-state index contributed by atoms with van der Waals surface area (Å²) in [5.74, 6) is -0.310. The van der Waals surface area contributed by atoms with Gasteiger partial charge in [0.1, 0.15) is 16.7 Å². The van der Waals surface area contributed by atoms with Crippen molar-refractivity contribution in [3.05, 3.63) is 53.1 Å². The molecule has 33 heavy (non-hydrogen) atoms. The van der Waals surface area contributed by atoms with Crippen LogP contribution in [-0.2, 0) is 14.8 Å². The number of aromatic nitrogens is 3. The standard InChI is InChI=1S/C21H25ClN6O4S/c1-6-20(29)27-10-12(2)28(33(5,31)32)18(11-27)14-7-15(26-19(22)8-14)16-9-17(21(30)23-4)25-13(3)24-16/h6-9,12,18H,1,10-11H2,2-5H3,(H,23,30)/t12-,18+/m1/s1. The minimum Gasteiger partial charge on any atom is -0.354 e. The molecule has 2 aromatic rings. The van der Waals surface area contributed by atoms with Crippen LogP contribution in [0.2, 0.25) is 5.15 Å². The van der Waals surface area contributed by atoms with Crippen LogP contribution in [0.3, 0.4) is 0 Å². The summed E-state index contributed by atoms with van der Waals surface area (Å²) < 4.78 is 26.7. The lowest BCUT2D eigenvalue weighted by atomic mass is 10.0. The molecule has 3 heterocycles. The van der Waals surface area contributed by atoms with E-state index in [1.54, 1.807) is 30.9 Å². The number of hydrogen-bond acceptors (Lipinski definition) is 7. The van der Waals surface area contributed by atoms with Crippen LogP contribution in [0.25, 0.3) is 11.4 Å². The molecule has 2 atom stereocenters. The summed E-state index contributed by atoms with van der Waals surface area (Å²) in [6.45, 7) is 7.27. The summed E-state index contributed by atoms with van der Waals surface area (Å²) in [5.41, 5.74) is 1.41. The van der Waals surface area contributed by atoms with Crippen molar-refractivity contribution in [2.45, 2.75) is 25.9 Å². The van der Waals surface area contributed by atoms with Crippen molar-refractivity contribution in [3.63, 3.8) is 0 Å². The summed E-state index contributed by atoms with van der Waals surface area (Å²) >= 11 is 6.31. The summed E-state index contributed by atoms with van der Waals surface area (Å²) in [6.07, 6.45) is 2.34. The van der Waals surface area contributed by atoms with Crippen molar-refractivity contribution >= 4 is 33.4 Å². The number of carbonyl (C=O) groups is 2. The molecule has 1 aliphatic heterocycles. The van der Waals surface area contributed by atoms with Gasteiger partial charge in [0.25, 0.3) is 5.91 Å². The summed E-state index contributed by atoms with van der Waals surface area (Å²) in [5, 5.41) is 2.63. The molecule has 2 aromatic heterocycles. The number of nitrogens with zero attached hydrogens (tertiary/aromatic N) is 5. The average Bonchev–Trinajstić information content (AvgIpc) is 2.75. The Hall–Kier alpha value is -2.89. The molecule has 10 nitrogen and oxygen atoms in total. The first-order valence-electron chi connectivity index (χ1n) is 10.1. The third-order valence-electron chi connectivity index (χ3n) is 5.25. The van der Waals surface area contributed by atoms with Gasteiger partial charge in [-0.25, -0.2) is 23.4 Å². The number of rotatable bonds is 5. The van der Waals surface area contributed by atoms with Crippen LogP contribution in [0, 0.1) is 6.92 Å². The number of nitrogens with one attached hydrogen (secondary N) is 1. The first-order valence-corrected chi connectivity index (χ1v) is 12.3. The zero-order valence-electron chi connectivity index (χ0n) is 18.7. The van der Waals surface area contributed by atoms with E-state index >= 15 is 0 Å². The van der Waals surface area contributed by atoms with Crippen molar-refractivity contribution < 1.29 is 18.0 Å². The second-order valence-corrected chi connectivity index (χ2v) is 10.1. The normalized spacial score (nSPS) is 19.2. The van der Waals surface area contributed by atoms with Gasteiger partial charge in [-0.15, -0.1) is 0 Å². The predicted octanol–water partition coefficient (Wildman–Crippen LogP) is 1.58. The lowest BCUT2D eigenvalue weighted by molar-refractivity contribution is -0.129. The minimum atomic E-state index is -3.62. The van der Waals surface area contributed by atoms with Crippen molar-refractivity contribution in [1.29, 1.82) is 0 Å². The maximum absolute atomic E-state index is 12.7. The number of sulfonamides is 1. The number of piperazine rings is 1. The zero-order chi connectivity index (χ0) is 24.5. The van der Waals surface area contributed by atoms with Crippen LogP contribution in [0.5, 0.6) is 0 Å². The van der Waals surface area contributed by atoms with Crippen LogP contribution in [0.15, 0.2) is 30.9 Å². The van der Waals surface area contributed by atoms with Crippen LogP contribution >= 0.6 is 11.6 Å². The molecule has 176 valence electrons. The van der Waals surface area contributed by atoms with Crippen molar-refractivity contribution in [3.8, 4) is 11.4 Å². The van der Waals surface area contributed by atoms with Crippen LogP contribution in [-0.4, -0.2) is 76.8 Å². The third kappa shape index (κ3) is 5.37. The number of pyridine rings is 1. The Kier molecular flexibility index (Phi) is 7.15. The van der Waals surface area contributed by atoms with Gasteiger partial charge in [0.2, 0.25) is 15.9 Å². The topological polar surface area (TPSA) is 125 Å². The predicted molar refractivity (Wildman–Crippen MR) is 124 cm³/mol. The van der Waals surface area contributed by atoms with Crippen molar-refractivity contribution in [1.82, 2.24) is 29.5 Å². The SMILES string of the molecule is C=CC(=O)N1C[C@@H](C)N(S(C)(=O)=O)[C@H](c2cc(Cl)nc(-c3cc(C(=O)NC)nc(C)n3)c2)C1. The lowest BCUT2D eigenvalue weighted by Gasteiger charge is -2.44. The molecular formula is C21H25ClN6O4S. The number of aryl methyl sites for hydroxylation is 1. The molecule has 1 saturated heterocycles. The maximum Gasteiger partial charge on any atom is 0.269 e. The van der Waals surface area contributed by atoms with Crippen molar-refractivity contribution in [2.75, 3.05) is 26.4 Å². The number of amides is 2. The molecule has 1 N–H and O–H groups in total. The summed E-state index contributed by atoms with van der Waals surface area (Å²) in [6, 6.07) is 3.54. The highest BCUT2D eigenvalue weighted by molar-refractivity contribution is 7.88. The molecule has 0 bridgehead atoms. The van der Waals surface area contributed by atoms with Gasteiger partial charge in [0.05, 0.1) is 23.7 Å². The monoisotopic (exact) mass is 492 g/mol. The van der Waals surface area contributed by atoms with Gasteiger partial charge >= 0.3 is 0 Å². The molecule has 0 aromatic carbocycles. The highest BCUT2D eigenvalue weighted by Crippen LogP contribution is 2.34. The number of carbonyl (C=O) groups excluding carboxylic acids is 2. The van der Waals surface area contributed by atoms with Gasteiger partial charge in [0, 0.05) is 26.2 Å². The fraction of sp³-hybridized carbons (Fsp3) is 0.381. The molecule has 0 radical (unpaired) electrons. The van der Waals surface area contributed by atoms with E-state index in [1.807, 2.05) is 0 Å². The Labute approximate surface area is 197 Å². The van der Waals surface area contributed by atoms with Crippen LogP contribution in [0.1, 0.15) is 34.8 Å². The van der Waals surface area contributed by atoms with Crippen LogP contribution in [0.4, 0.5) is 0 Å². The Balaban J connectivity index is 2.14. The maximum atomic E-state index is 12.7. The van der Waals surface area contributed by atoms with E-state index in [9.17, 15) is 18.0 Å². The second-order valence-electron chi connectivity index (χ2n) is 7.78. The second kappa shape index (κ2) is 9.54. The highest BCUT2D eigenvalue weighted by atomic mass is 35.5. The van der Waals surface area contributed by atoms with E-state index in [1.165, 1.54) is 23.5 Å². The lowest BCUT2D eigenvalue weighted by Crippen LogP contribution is -2.56. The van der Waals surface area contributed by atoms with Gasteiger partial charge in [-0.1, -0.05) is 18.2 Å². The molecule has 1 fully saturated rings. The zero-order valence-corrected chi connectivity index (χ0v) is 20.3. The quantitative estimate of drug-likeness (QED) is 0.496. The Morgan fingerprint density at radius 3 is 2.45 bits per heavy atom. The molecule has 2 amide bonds. The van der Waals surface area contributed by atoms with Gasteiger partial charge < -0.3 is 10.2 Å². The Morgan fingerprint density at radius 1 is 1.18 bits per heavy atom. The van der Waals surface area contributed by atoms with E-state index in [2.05, 4.69) is 26.8 Å². The summed E-state index contributed by atoms with van der Waals surface area (Å²) in [7, 11) is -2.12. The fourth-order valence-corrected chi connectivity index (χ4v) is 5.56. The number of hydrogen-bond donors (Lipinski definition) is 1. The van der Waals surface area contributed by atoms with E-state index in [0.717, 1.165) is 6.26 Å². The minimum absolute atomic E-state index is 0.119. The Morgan fingerprint density at radius 2 is 1.85 bits per heavy atom. The van der Waals surface area contributed by atoms with Crippen LogP contribution < -0.4 is 5.32 Å². The van der Waals surface area contributed by atoms with Gasteiger partial charge in [-0.2, -0.15) is 4.31 Å². The van der Waals surface area contributed by atoms with E-state index in [0.29, 0.717) is 22.8 Å². The first kappa shape index (κ1) is 24.7. The first-order chi connectivity index (χ1) is 15.4. The van der Waals surface area contributed by atoms with Gasteiger partial charge in [-0.05, 0) is 43.7 Å². The smallest absolute Gasteiger partial charge is 0.269 e. The molecule has 0 saturated carbocycles. The molecule has 0 unspecified atom stereocenters. The average molecular weight is 493 g/mol. The molecule has 0 aliphatic carbocycles. The largest absolute Gasteiger partial charge is 0.354 e. The van der Waals surface area contributed by atoms with E-state index in [-0.39, 0.29) is 35.8 Å². The van der Waals surface area contributed by atoms with E-state index in [4.69, 9.17) is 11.6 Å². The third-order valence-corrected chi connectivity index (χ3v) is 6.82. The molecule has 0 spiro atoms. The molecule has 12 heteroatoms. The molecular weight excluding hydrogens is 468 g/mol. The molecule has 1 aliphatic rings. The van der Waals surface area contributed by atoms with E-state index < -0.39 is 22.1 Å². The Bertz CT molecular complexity index is 1220. The summed E-state index contributed by atoms with van der Waals surface area (Å²) in [4.78, 5) is 38.8. The molecule has 3 rings (SSSR count). The van der Waals surface area contributed by atoms with Gasteiger partial charge in [-0.3, -0.25) is 9.59 Å². The van der Waals surface area contributed by atoms with Gasteiger partial charge in [0.15, 0.2) is 0 Å².